The van der Waals surface area contributed by atoms with Crippen LogP contribution in [0.1, 0.15) is 29.8 Å². The third-order valence-corrected chi connectivity index (χ3v) is 2.44. The molecule has 1 rings (SSSR count). The van der Waals surface area contributed by atoms with E-state index in [9.17, 15) is 9.59 Å². The monoisotopic (exact) mass is 251 g/mol. The lowest BCUT2D eigenvalue weighted by Crippen LogP contribution is -2.30. The molecule has 1 atom stereocenters. The van der Waals surface area contributed by atoms with Crippen molar-refractivity contribution in [3.05, 3.63) is 30.1 Å². The molecule has 98 valence electrons. The molecule has 1 amide bonds. The van der Waals surface area contributed by atoms with Crippen LogP contribution in [0.2, 0.25) is 0 Å². The Morgan fingerprint density at radius 1 is 1.39 bits per heavy atom. The van der Waals surface area contributed by atoms with Gasteiger partial charge in [0, 0.05) is 12.7 Å². The van der Waals surface area contributed by atoms with E-state index >= 15 is 0 Å². The quantitative estimate of drug-likeness (QED) is 0.608. The number of hydrogen-bond donors (Lipinski definition) is 3. The number of nitrogens with one attached hydrogen (secondary N) is 1. The maximum Gasteiger partial charge on any atom is 0.320 e. The van der Waals surface area contributed by atoms with Crippen LogP contribution in [0.3, 0.4) is 0 Å². The van der Waals surface area contributed by atoms with E-state index < -0.39 is 12.0 Å². The number of hydrogen-bond acceptors (Lipinski definition) is 4. The number of carbonyl (C=O) groups excluding carboxylic acids is 1. The van der Waals surface area contributed by atoms with Crippen LogP contribution in [0.5, 0.6) is 0 Å². The van der Waals surface area contributed by atoms with Crippen molar-refractivity contribution in [2.45, 2.75) is 25.3 Å². The Balaban J connectivity index is 2.15. The summed E-state index contributed by atoms with van der Waals surface area (Å²) in [6.07, 6.45) is 3.32. The minimum atomic E-state index is -0.993. The number of rotatable bonds is 7. The normalized spacial score (nSPS) is 11.8. The highest BCUT2D eigenvalue weighted by Gasteiger charge is 2.10. The van der Waals surface area contributed by atoms with Gasteiger partial charge in [0.1, 0.15) is 11.7 Å². The molecule has 0 spiro atoms. The summed E-state index contributed by atoms with van der Waals surface area (Å²) in [4.78, 5) is 25.9. The number of carboxylic acid groups (broad SMARTS) is 1. The molecule has 1 heterocycles. The van der Waals surface area contributed by atoms with Gasteiger partial charge in [0.2, 0.25) is 0 Å². The van der Waals surface area contributed by atoms with E-state index in [1.54, 1.807) is 24.4 Å². The zero-order valence-corrected chi connectivity index (χ0v) is 10.0. The van der Waals surface area contributed by atoms with Crippen molar-refractivity contribution in [2.75, 3.05) is 6.54 Å². The number of amides is 1. The largest absolute Gasteiger partial charge is 0.480 e. The van der Waals surface area contributed by atoms with E-state index in [1.807, 2.05) is 0 Å². The van der Waals surface area contributed by atoms with Gasteiger partial charge < -0.3 is 16.2 Å². The number of nitrogens with zero attached hydrogens (tertiary/aromatic N) is 1. The summed E-state index contributed by atoms with van der Waals surface area (Å²) in [7, 11) is 0. The number of carboxylic acids is 1. The summed E-state index contributed by atoms with van der Waals surface area (Å²) in [6, 6.07) is 4.30. The summed E-state index contributed by atoms with van der Waals surface area (Å²) >= 11 is 0. The zero-order valence-electron chi connectivity index (χ0n) is 10.0. The van der Waals surface area contributed by atoms with Crippen LogP contribution in [-0.4, -0.2) is 34.6 Å². The fourth-order valence-corrected chi connectivity index (χ4v) is 1.40. The van der Waals surface area contributed by atoms with E-state index in [2.05, 4.69) is 10.3 Å². The maximum atomic E-state index is 11.6. The average Bonchev–Trinajstić information content (AvgIpc) is 2.38. The molecule has 6 nitrogen and oxygen atoms in total. The molecule has 0 aliphatic heterocycles. The van der Waals surface area contributed by atoms with Crippen molar-refractivity contribution in [3.8, 4) is 0 Å². The molecule has 1 aromatic heterocycles. The lowest BCUT2D eigenvalue weighted by Gasteiger charge is -2.06. The van der Waals surface area contributed by atoms with Crippen LogP contribution < -0.4 is 11.1 Å². The van der Waals surface area contributed by atoms with Gasteiger partial charge in [-0.25, -0.2) is 0 Å². The van der Waals surface area contributed by atoms with Crippen LogP contribution in [0.4, 0.5) is 0 Å². The van der Waals surface area contributed by atoms with Gasteiger partial charge in [-0.3, -0.25) is 14.6 Å². The smallest absolute Gasteiger partial charge is 0.320 e. The molecular formula is C12H17N3O3. The first-order valence-corrected chi connectivity index (χ1v) is 5.79. The molecule has 0 fully saturated rings. The van der Waals surface area contributed by atoms with Crippen molar-refractivity contribution >= 4 is 11.9 Å². The molecule has 4 N–H and O–H groups in total. The van der Waals surface area contributed by atoms with Gasteiger partial charge in [-0.2, -0.15) is 0 Å². The summed E-state index contributed by atoms with van der Waals surface area (Å²) in [6.45, 7) is 0.488. The Hall–Kier alpha value is -1.95. The second-order valence-electron chi connectivity index (χ2n) is 3.91. The molecule has 0 aliphatic carbocycles. The third-order valence-electron chi connectivity index (χ3n) is 2.44. The van der Waals surface area contributed by atoms with Gasteiger partial charge in [-0.1, -0.05) is 6.07 Å². The second kappa shape index (κ2) is 7.39. The first-order valence-electron chi connectivity index (χ1n) is 5.79. The van der Waals surface area contributed by atoms with Gasteiger partial charge >= 0.3 is 5.97 Å². The highest BCUT2D eigenvalue weighted by atomic mass is 16.4. The molecule has 0 bridgehead atoms. The Morgan fingerprint density at radius 3 is 2.78 bits per heavy atom. The summed E-state index contributed by atoms with van der Waals surface area (Å²) in [5, 5.41) is 11.3. The first kappa shape index (κ1) is 14.1. The Kier molecular flexibility index (Phi) is 5.79. The van der Waals surface area contributed by atoms with Gasteiger partial charge in [0.25, 0.3) is 5.91 Å². The fourth-order valence-electron chi connectivity index (χ4n) is 1.40. The van der Waals surface area contributed by atoms with E-state index in [4.69, 9.17) is 10.8 Å². The van der Waals surface area contributed by atoms with Crippen LogP contribution in [-0.2, 0) is 4.79 Å². The first-order chi connectivity index (χ1) is 8.61. The van der Waals surface area contributed by atoms with Crippen LogP contribution in [0.15, 0.2) is 24.4 Å². The maximum absolute atomic E-state index is 11.6. The highest BCUT2D eigenvalue weighted by molar-refractivity contribution is 5.92. The predicted octanol–water partition coefficient (Wildman–Crippen LogP) is 0.394. The van der Waals surface area contributed by atoms with Crippen molar-refractivity contribution in [1.29, 1.82) is 0 Å². The van der Waals surface area contributed by atoms with Crippen LogP contribution >= 0.6 is 0 Å². The summed E-state index contributed by atoms with van der Waals surface area (Å²) < 4.78 is 0. The van der Waals surface area contributed by atoms with Crippen molar-refractivity contribution in [2.24, 2.45) is 5.73 Å². The number of aliphatic carboxylic acids is 1. The molecule has 18 heavy (non-hydrogen) atoms. The molecule has 6 heteroatoms. The minimum absolute atomic E-state index is 0.224. The zero-order chi connectivity index (χ0) is 13.4. The predicted molar refractivity (Wildman–Crippen MR) is 66.0 cm³/mol. The molecule has 0 unspecified atom stereocenters. The van der Waals surface area contributed by atoms with E-state index in [1.165, 1.54) is 0 Å². The van der Waals surface area contributed by atoms with Gasteiger partial charge in [-0.05, 0) is 31.4 Å². The Labute approximate surface area is 105 Å². The minimum Gasteiger partial charge on any atom is -0.480 e. The van der Waals surface area contributed by atoms with E-state index in [-0.39, 0.29) is 5.91 Å². The lowest BCUT2D eigenvalue weighted by atomic mass is 10.1. The molecule has 0 aliphatic rings. The number of nitrogens with two attached hydrogens (primary N) is 1. The van der Waals surface area contributed by atoms with Gasteiger partial charge in [0.05, 0.1) is 0 Å². The van der Waals surface area contributed by atoms with Gasteiger partial charge in [0.15, 0.2) is 0 Å². The molecule has 0 saturated carbocycles. The average molecular weight is 251 g/mol. The molecule has 0 radical (unpaired) electrons. The number of aromatic nitrogens is 1. The fraction of sp³-hybridized carbons (Fsp3) is 0.417. The third kappa shape index (κ3) is 4.92. The van der Waals surface area contributed by atoms with E-state index in [0.29, 0.717) is 31.5 Å². The van der Waals surface area contributed by atoms with Crippen LogP contribution in [0, 0.1) is 0 Å². The van der Waals surface area contributed by atoms with Crippen molar-refractivity contribution < 1.29 is 14.7 Å². The lowest BCUT2D eigenvalue weighted by molar-refractivity contribution is -0.138. The summed E-state index contributed by atoms with van der Waals surface area (Å²) in [5.74, 6) is -1.22. The summed E-state index contributed by atoms with van der Waals surface area (Å²) in [5.41, 5.74) is 5.73. The molecule has 1 aromatic rings. The molecule has 0 saturated heterocycles. The SMILES string of the molecule is N[C@H](CCCCNC(=O)c1ccccn1)C(=O)O. The number of carbonyl (C=O) groups is 2. The van der Waals surface area contributed by atoms with Gasteiger partial charge in [-0.15, -0.1) is 0 Å². The second-order valence-corrected chi connectivity index (χ2v) is 3.91. The van der Waals surface area contributed by atoms with E-state index in [0.717, 1.165) is 0 Å². The topological polar surface area (TPSA) is 105 Å². The number of pyridine rings is 1. The highest BCUT2D eigenvalue weighted by Crippen LogP contribution is 1.99. The van der Waals surface area contributed by atoms with Crippen LogP contribution in [0.25, 0.3) is 0 Å². The Bertz CT molecular complexity index is 395. The van der Waals surface area contributed by atoms with Crippen molar-refractivity contribution in [3.63, 3.8) is 0 Å². The Morgan fingerprint density at radius 2 is 2.17 bits per heavy atom. The molecular weight excluding hydrogens is 234 g/mol. The van der Waals surface area contributed by atoms with Crippen molar-refractivity contribution in [1.82, 2.24) is 10.3 Å². The molecule has 0 aromatic carbocycles. The standard InChI is InChI=1S/C12H17N3O3/c13-9(12(17)18)5-1-3-8-15-11(16)10-6-2-4-7-14-10/h2,4,6-7,9H,1,3,5,8,13H2,(H,15,16)(H,17,18)/t9-/m1/s1. The number of unbranched alkanes of at least 4 members (excludes halogenated alkanes) is 1.